The standard InChI is InChI=1S/C16H14F2N2O3/c17-13-5-3-6-14(18)12(13)8-9-19-16(21)10-11-4-1-2-7-15(11)20(22)23/h1-7H,8-10H2,(H,19,21). The molecule has 0 radical (unpaired) electrons. The molecule has 0 saturated carbocycles. The first-order chi connectivity index (χ1) is 11.0. The van der Waals surface area contributed by atoms with Gasteiger partial charge in [-0.25, -0.2) is 8.78 Å². The van der Waals surface area contributed by atoms with Gasteiger partial charge in [0.15, 0.2) is 0 Å². The van der Waals surface area contributed by atoms with E-state index in [1.807, 2.05) is 0 Å². The fraction of sp³-hybridized carbons (Fsp3) is 0.188. The summed E-state index contributed by atoms with van der Waals surface area (Å²) in [6.07, 6.45) is -0.169. The highest BCUT2D eigenvalue weighted by Crippen LogP contribution is 2.18. The minimum Gasteiger partial charge on any atom is -0.355 e. The summed E-state index contributed by atoms with van der Waals surface area (Å²) in [6, 6.07) is 9.48. The van der Waals surface area contributed by atoms with Crippen molar-refractivity contribution in [3.63, 3.8) is 0 Å². The molecule has 0 aliphatic heterocycles. The third-order valence-corrected chi connectivity index (χ3v) is 3.30. The number of nitro groups is 1. The van der Waals surface area contributed by atoms with Crippen LogP contribution in [0.1, 0.15) is 11.1 Å². The molecule has 0 spiro atoms. The number of para-hydroxylation sites is 1. The second-order valence-corrected chi connectivity index (χ2v) is 4.86. The largest absolute Gasteiger partial charge is 0.355 e. The molecule has 2 aromatic carbocycles. The van der Waals surface area contributed by atoms with Gasteiger partial charge in [0.25, 0.3) is 5.69 Å². The predicted octanol–water partition coefficient (Wildman–Crippen LogP) is 2.77. The Labute approximate surface area is 131 Å². The number of hydrogen-bond acceptors (Lipinski definition) is 3. The van der Waals surface area contributed by atoms with Crippen LogP contribution in [0.3, 0.4) is 0 Å². The molecule has 1 amide bonds. The van der Waals surface area contributed by atoms with Crippen LogP contribution in [0.5, 0.6) is 0 Å². The maximum Gasteiger partial charge on any atom is 0.273 e. The summed E-state index contributed by atoms with van der Waals surface area (Å²) in [7, 11) is 0. The number of carbonyl (C=O) groups is 1. The van der Waals surface area contributed by atoms with Gasteiger partial charge in [0, 0.05) is 23.7 Å². The lowest BCUT2D eigenvalue weighted by atomic mass is 10.1. The van der Waals surface area contributed by atoms with E-state index in [2.05, 4.69) is 5.32 Å². The van der Waals surface area contributed by atoms with Gasteiger partial charge in [0.1, 0.15) is 11.6 Å². The third-order valence-electron chi connectivity index (χ3n) is 3.30. The molecular formula is C16H14F2N2O3. The molecule has 0 heterocycles. The Balaban J connectivity index is 1.93. The molecule has 0 atom stereocenters. The Morgan fingerprint density at radius 2 is 1.74 bits per heavy atom. The quantitative estimate of drug-likeness (QED) is 0.657. The number of hydrogen-bond donors (Lipinski definition) is 1. The van der Waals surface area contributed by atoms with Crippen molar-refractivity contribution in [3.05, 3.63) is 75.3 Å². The lowest BCUT2D eigenvalue weighted by molar-refractivity contribution is -0.385. The maximum atomic E-state index is 13.4. The molecule has 5 nitrogen and oxygen atoms in total. The second kappa shape index (κ2) is 7.44. The van der Waals surface area contributed by atoms with Crippen LogP contribution in [0.4, 0.5) is 14.5 Å². The van der Waals surface area contributed by atoms with Gasteiger partial charge in [0.05, 0.1) is 11.3 Å². The van der Waals surface area contributed by atoms with E-state index >= 15 is 0 Å². The molecule has 2 aromatic rings. The van der Waals surface area contributed by atoms with Crippen LogP contribution in [-0.4, -0.2) is 17.4 Å². The fourth-order valence-electron chi connectivity index (χ4n) is 2.17. The first-order valence-electron chi connectivity index (χ1n) is 6.91. The molecule has 0 fully saturated rings. The summed E-state index contributed by atoms with van der Waals surface area (Å²) in [5.41, 5.74) is 0.0494. The van der Waals surface area contributed by atoms with E-state index in [0.717, 1.165) is 12.1 Å². The fourth-order valence-corrected chi connectivity index (χ4v) is 2.17. The Morgan fingerprint density at radius 3 is 2.39 bits per heavy atom. The van der Waals surface area contributed by atoms with Crippen LogP contribution >= 0.6 is 0 Å². The summed E-state index contributed by atoms with van der Waals surface area (Å²) < 4.78 is 26.9. The zero-order valence-electron chi connectivity index (χ0n) is 12.1. The Bertz CT molecular complexity index is 715. The number of nitro benzene ring substituents is 1. The average Bonchev–Trinajstić information content (AvgIpc) is 2.50. The van der Waals surface area contributed by atoms with E-state index in [1.165, 1.54) is 24.3 Å². The van der Waals surface area contributed by atoms with Gasteiger partial charge in [-0.2, -0.15) is 0 Å². The highest BCUT2D eigenvalue weighted by molar-refractivity contribution is 5.79. The molecule has 2 rings (SSSR count). The predicted molar refractivity (Wildman–Crippen MR) is 79.9 cm³/mol. The number of nitrogens with zero attached hydrogens (tertiary/aromatic N) is 1. The molecule has 1 N–H and O–H groups in total. The monoisotopic (exact) mass is 320 g/mol. The summed E-state index contributed by atoms with van der Waals surface area (Å²) in [5, 5.41) is 13.4. The van der Waals surface area contributed by atoms with Crippen molar-refractivity contribution in [2.45, 2.75) is 12.8 Å². The first-order valence-corrected chi connectivity index (χ1v) is 6.91. The zero-order valence-corrected chi connectivity index (χ0v) is 12.1. The molecular weight excluding hydrogens is 306 g/mol. The van der Waals surface area contributed by atoms with Crippen LogP contribution in [0.2, 0.25) is 0 Å². The van der Waals surface area contributed by atoms with E-state index in [1.54, 1.807) is 6.07 Å². The first kappa shape index (κ1) is 16.5. The lowest BCUT2D eigenvalue weighted by Gasteiger charge is -2.07. The molecule has 0 aliphatic carbocycles. The number of benzene rings is 2. The van der Waals surface area contributed by atoms with E-state index in [-0.39, 0.29) is 36.2 Å². The molecule has 120 valence electrons. The van der Waals surface area contributed by atoms with Crippen molar-refractivity contribution in [2.75, 3.05) is 6.54 Å². The van der Waals surface area contributed by atoms with Crippen molar-refractivity contribution >= 4 is 11.6 Å². The minimum absolute atomic E-state index is 0.00112. The molecule has 0 saturated heterocycles. The second-order valence-electron chi connectivity index (χ2n) is 4.86. The van der Waals surface area contributed by atoms with E-state index in [4.69, 9.17) is 0 Å². The highest BCUT2D eigenvalue weighted by Gasteiger charge is 2.15. The van der Waals surface area contributed by atoms with Crippen LogP contribution in [-0.2, 0) is 17.6 Å². The summed E-state index contributed by atoms with van der Waals surface area (Å²) in [4.78, 5) is 22.1. The van der Waals surface area contributed by atoms with E-state index in [9.17, 15) is 23.7 Å². The number of halogens is 2. The van der Waals surface area contributed by atoms with E-state index < -0.39 is 22.5 Å². The molecule has 23 heavy (non-hydrogen) atoms. The van der Waals surface area contributed by atoms with Gasteiger partial charge < -0.3 is 5.32 Å². The highest BCUT2D eigenvalue weighted by atomic mass is 19.1. The topological polar surface area (TPSA) is 72.2 Å². The van der Waals surface area contributed by atoms with Gasteiger partial charge >= 0.3 is 0 Å². The number of carbonyl (C=O) groups excluding carboxylic acids is 1. The van der Waals surface area contributed by atoms with Crippen LogP contribution in [0, 0.1) is 21.7 Å². The summed E-state index contributed by atoms with van der Waals surface area (Å²) >= 11 is 0. The van der Waals surface area contributed by atoms with Gasteiger partial charge in [-0.3, -0.25) is 14.9 Å². The summed E-state index contributed by atoms with van der Waals surface area (Å²) in [6.45, 7) is 0.0390. The van der Waals surface area contributed by atoms with Crippen molar-refractivity contribution in [1.82, 2.24) is 5.32 Å². The molecule has 0 aliphatic rings. The van der Waals surface area contributed by atoms with Gasteiger partial charge in [-0.15, -0.1) is 0 Å². The lowest BCUT2D eigenvalue weighted by Crippen LogP contribution is -2.27. The van der Waals surface area contributed by atoms with E-state index in [0.29, 0.717) is 0 Å². The average molecular weight is 320 g/mol. The SMILES string of the molecule is O=C(Cc1ccccc1[N+](=O)[O-])NCCc1c(F)cccc1F. The molecule has 0 aromatic heterocycles. The third kappa shape index (κ3) is 4.32. The maximum absolute atomic E-state index is 13.4. The Kier molecular flexibility index (Phi) is 5.35. The summed E-state index contributed by atoms with van der Waals surface area (Å²) in [5.74, 6) is -1.79. The van der Waals surface area contributed by atoms with Crippen LogP contribution in [0.15, 0.2) is 42.5 Å². The molecule has 0 unspecified atom stereocenters. The van der Waals surface area contributed by atoms with Crippen molar-refractivity contribution in [3.8, 4) is 0 Å². The van der Waals surface area contributed by atoms with Gasteiger partial charge in [-0.05, 0) is 18.6 Å². The van der Waals surface area contributed by atoms with Crippen molar-refractivity contribution in [1.29, 1.82) is 0 Å². The van der Waals surface area contributed by atoms with Crippen LogP contribution < -0.4 is 5.32 Å². The van der Waals surface area contributed by atoms with Gasteiger partial charge in [0.2, 0.25) is 5.91 Å². The minimum atomic E-state index is -0.669. The number of amides is 1. The molecule has 0 bridgehead atoms. The Morgan fingerprint density at radius 1 is 1.09 bits per heavy atom. The van der Waals surface area contributed by atoms with Gasteiger partial charge in [-0.1, -0.05) is 24.3 Å². The number of nitrogens with one attached hydrogen (secondary N) is 1. The smallest absolute Gasteiger partial charge is 0.273 e. The van der Waals surface area contributed by atoms with Crippen molar-refractivity contribution < 1.29 is 18.5 Å². The van der Waals surface area contributed by atoms with Crippen LogP contribution in [0.25, 0.3) is 0 Å². The normalized spacial score (nSPS) is 10.3. The zero-order chi connectivity index (χ0) is 16.8. The Hall–Kier alpha value is -2.83. The van der Waals surface area contributed by atoms with Crippen molar-refractivity contribution in [2.24, 2.45) is 0 Å². The number of rotatable bonds is 6. The molecule has 7 heteroatoms.